The van der Waals surface area contributed by atoms with Crippen LogP contribution in [0.4, 0.5) is 5.69 Å². The van der Waals surface area contributed by atoms with E-state index in [2.05, 4.69) is 22.3 Å². The summed E-state index contributed by atoms with van der Waals surface area (Å²) in [6, 6.07) is 14.5. The highest BCUT2D eigenvalue weighted by molar-refractivity contribution is 5.98. The van der Waals surface area contributed by atoms with Gasteiger partial charge in [-0.25, -0.2) is 0 Å². The molecular formula is C33H46N4O6. The average Bonchev–Trinajstić information content (AvgIpc) is 3.44. The van der Waals surface area contributed by atoms with Crippen LogP contribution < -0.4 is 21.3 Å². The predicted molar refractivity (Wildman–Crippen MR) is 167 cm³/mol. The summed E-state index contributed by atoms with van der Waals surface area (Å²) < 4.78 is 4.32. The standard InChI is InChI=1S/C12H25N3O.C12H13NO2.C9H8O3/c1-9-5-3-6-10(9)15-12(16)11(14-2)7-4-8-13;1-2-13-11-7-9(8-14)3-4-10(11)5-6-12(13)15;10-7-12-6-9(11)8-4-2-1-3-5-8/h9-11,14H,3-8,13H2,1-2H3,(H,15,16);3-4,7-8H,2,5-6H2,1H3;1-5,7H,6H2. The van der Waals surface area contributed by atoms with E-state index in [0.29, 0.717) is 42.6 Å². The van der Waals surface area contributed by atoms with Crippen molar-refractivity contribution in [3.8, 4) is 0 Å². The van der Waals surface area contributed by atoms with Crippen molar-refractivity contribution in [3.05, 3.63) is 65.2 Å². The van der Waals surface area contributed by atoms with Gasteiger partial charge in [-0.05, 0) is 70.2 Å². The zero-order valence-electron chi connectivity index (χ0n) is 25.6. The molecule has 234 valence electrons. The molecule has 2 aliphatic rings. The van der Waals surface area contributed by atoms with E-state index >= 15 is 0 Å². The summed E-state index contributed by atoms with van der Waals surface area (Å²) in [6.45, 7) is 5.54. The topological polar surface area (TPSA) is 148 Å². The van der Waals surface area contributed by atoms with E-state index in [0.717, 1.165) is 43.2 Å². The molecule has 0 spiro atoms. The summed E-state index contributed by atoms with van der Waals surface area (Å²) in [6.07, 6.45) is 7.47. The van der Waals surface area contributed by atoms with Gasteiger partial charge in [0, 0.05) is 35.8 Å². The number of ether oxygens (including phenoxy) is 1. The Morgan fingerprint density at radius 2 is 1.86 bits per heavy atom. The molecule has 43 heavy (non-hydrogen) atoms. The predicted octanol–water partition coefficient (Wildman–Crippen LogP) is 3.46. The van der Waals surface area contributed by atoms with Gasteiger partial charge in [-0.2, -0.15) is 0 Å². The third kappa shape index (κ3) is 11.4. The fourth-order valence-electron chi connectivity index (χ4n) is 5.16. The van der Waals surface area contributed by atoms with Crippen molar-refractivity contribution in [2.45, 2.75) is 70.9 Å². The van der Waals surface area contributed by atoms with Crippen LogP contribution in [0.2, 0.25) is 0 Å². The molecule has 2 amide bonds. The van der Waals surface area contributed by atoms with Crippen molar-refractivity contribution >= 4 is 36.0 Å². The largest absolute Gasteiger partial charge is 0.459 e. The first-order valence-electron chi connectivity index (χ1n) is 15.0. The minimum Gasteiger partial charge on any atom is -0.459 e. The Kier molecular flexibility index (Phi) is 15.9. The van der Waals surface area contributed by atoms with Crippen LogP contribution in [0.15, 0.2) is 48.5 Å². The number of rotatable bonds is 12. The van der Waals surface area contributed by atoms with Gasteiger partial charge in [-0.1, -0.05) is 55.8 Å². The van der Waals surface area contributed by atoms with Crippen LogP contribution >= 0.6 is 0 Å². The Morgan fingerprint density at radius 1 is 1.12 bits per heavy atom. The van der Waals surface area contributed by atoms with E-state index in [1.807, 2.05) is 26.1 Å². The number of likely N-dealkylation sites (N-methyl/N-ethyl adjacent to an activating group) is 1. The average molecular weight is 595 g/mol. The molecule has 0 bridgehead atoms. The number of aldehydes is 1. The number of aryl methyl sites for hydroxylation is 1. The number of ketones is 1. The van der Waals surface area contributed by atoms with Crippen LogP contribution in [-0.4, -0.2) is 69.2 Å². The Bertz CT molecular complexity index is 1190. The number of carbonyl (C=O) groups excluding carboxylic acids is 5. The van der Waals surface area contributed by atoms with Crippen LogP contribution in [0.25, 0.3) is 0 Å². The van der Waals surface area contributed by atoms with E-state index < -0.39 is 0 Å². The lowest BCUT2D eigenvalue weighted by Crippen LogP contribution is -2.47. The first-order valence-corrected chi connectivity index (χ1v) is 15.0. The van der Waals surface area contributed by atoms with Crippen molar-refractivity contribution in [2.75, 3.05) is 31.6 Å². The summed E-state index contributed by atoms with van der Waals surface area (Å²) in [5, 5.41) is 6.20. The van der Waals surface area contributed by atoms with Gasteiger partial charge in [0.25, 0.3) is 6.47 Å². The molecule has 10 nitrogen and oxygen atoms in total. The maximum Gasteiger partial charge on any atom is 0.293 e. The third-order valence-electron chi connectivity index (χ3n) is 7.69. The summed E-state index contributed by atoms with van der Waals surface area (Å²) in [4.78, 5) is 56.9. The monoisotopic (exact) mass is 594 g/mol. The molecule has 0 radical (unpaired) electrons. The SMILES string of the molecule is CCN1C(=O)CCc2ccc(C=O)cc21.CNC(CCCN)C(=O)NC1CCCC1C.O=COCC(=O)c1ccccc1. The van der Waals surface area contributed by atoms with Crippen LogP contribution in [0.1, 0.15) is 78.7 Å². The minimum absolute atomic E-state index is 0.0867. The van der Waals surface area contributed by atoms with Gasteiger partial charge in [-0.15, -0.1) is 0 Å². The van der Waals surface area contributed by atoms with E-state index in [1.165, 1.54) is 12.8 Å². The molecule has 1 heterocycles. The van der Waals surface area contributed by atoms with Crippen molar-refractivity contribution < 1.29 is 28.7 Å². The number of anilines is 1. The Hall–Kier alpha value is -3.89. The van der Waals surface area contributed by atoms with Gasteiger partial charge in [0.05, 0.1) is 6.04 Å². The second-order valence-electron chi connectivity index (χ2n) is 10.6. The lowest BCUT2D eigenvalue weighted by Gasteiger charge is -2.28. The highest BCUT2D eigenvalue weighted by atomic mass is 16.5. The van der Waals surface area contributed by atoms with Crippen LogP contribution in [-0.2, 0) is 25.5 Å². The normalized spacial score (nSPS) is 17.7. The Balaban J connectivity index is 0.000000227. The summed E-state index contributed by atoms with van der Waals surface area (Å²) in [5.74, 6) is 0.710. The fourth-order valence-corrected chi connectivity index (χ4v) is 5.16. The second-order valence-corrected chi connectivity index (χ2v) is 10.6. The number of carbonyl (C=O) groups is 5. The molecule has 0 saturated heterocycles. The summed E-state index contributed by atoms with van der Waals surface area (Å²) in [5.41, 5.74) is 8.70. The molecular weight excluding hydrogens is 548 g/mol. The number of hydrogen-bond donors (Lipinski definition) is 3. The minimum atomic E-state index is -0.192. The van der Waals surface area contributed by atoms with Gasteiger partial charge in [-0.3, -0.25) is 24.0 Å². The molecule has 3 atom stereocenters. The number of nitrogens with one attached hydrogen (secondary N) is 2. The number of hydrogen-bond acceptors (Lipinski definition) is 8. The first kappa shape index (κ1) is 35.3. The van der Waals surface area contributed by atoms with Crippen LogP contribution in [0, 0.1) is 5.92 Å². The Labute approximate surface area is 254 Å². The van der Waals surface area contributed by atoms with E-state index in [-0.39, 0.29) is 36.7 Å². The molecule has 0 aromatic heterocycles. The summed E-state index contributed by atoms with van der Waals surface area (Å²) >= 11 is 0. The van der Waals surface area contributed by atoms with Crippen LogP contribution in [0.5, 0.6) is 0 Å². The number of nitrogens with two attached hydrogens (primary N) is 1. The molecule has 4 N–H and O–H groups in total. The quantitative estimate of drug-likeness (QED) is 0.250. The highest BCUT2D eigenvalue weighted by Gasteiger charge is 2.27. The molecule has 2 aromatic rings. The van der Waals surface area contributed by atoms with Crippen molar-refractivity contribution in [1.29, 1.82) is 0 Å². The molecule has 4 rings (SSSR count). The van der Waals surface area contributed by atoms with E-state index in [4.69, 9.17) is 5.73 Å². The number of nitrogens with zero attached hydrogens (tertiary/aromatic N) is 1. The molecule has 2 aromatic carbocycles. The molecule has 1 fully saturated rings. The fraction of sp³-hybridized carbons (Fsp3) is 0.485. The van der Waals surface area contributed by atoms with Gasteiger partial charge in [0.15, 0.2) is 12.4 Å². The molecule has 10 heteroatoms. The van der Waals surface area contributed by atoms with Crippen molar-refractivity contribution in [3.63, 3.8) is 0 Å². The lowest BCUT2D eigenvalue weighted by atomic mass is 9.99. The summed E-state index contributed by atoms with van der Waals surface area (Å²) in [7, 11) is 1.83. The first-order chi connectivity index (χ1) is 20.8. The maximum atomic E-state index is 12.0. The van der Waals surface area contributed by atoms with E-state index in [1.54, 1.807) is 41.3 Å². The molecule has 3 unspecified atom stereocenters. The molecule has 1 aliphatic carbocycles. The van der Waals surface area contributed by atoms with Gasteiger partial charge in [0.2, 0.25) is 11.8 Å². The zero-order chi connectivity index (χ0) is 31.6. The van der Waals surface area contributed by atoms with Crippen LogP contribution in [0.3, 0.4) is 0 Å². The smallest absolute Gasteiger partial charge is 0.293 e. The van der Waals surface area contributed by atoms with E-state index in [9.17, 15) is 24.0 Å². The zero-order valence-corrected chi connectivity index (χ0v) is 25.6. The second kappa shape index (κ2) is 19.3. The van der Waals surface area contributed by atoms with Gasteiger partial charge in [0.1, 0.15) is 6.29 Å². The lowest BCUT2D eigenvalue weighted by molar-refractivity contribution is -0.127. The third-order valence-corrected chi connectivity index (χ3v) is 7.69. The highest BCUT2D eigenvalue weighted by Crippen LogP contribution is 2.28. The van der Waals surface area contributed by atoms with Gasteiger partial charge < -0.3 is 26.0 Å². The van der Waals surface area contributed by atoms with Crippen molar-refractivity contribution in [2.24, 2.45) is 11.7 Å². The van der Waals surface area contributed by atoms with Crippen molar-refractivity contribution in [1.82, 2.24) is 10.6 Å². The van der Waals surface area contributed by atoms with Gasteiger partial charge >= 0.3 is 0 Å². The number of Topliss-reactive ketones (excluding diaryl/α,β-unsaturated/α-hetero) is 1. The Morgan fingerprint density at radius 3 is 2.44 bits per heavy atom. The molecule has 1 aliphatic heterocycles. The molecule has 1 saturated carbocycles. The number of amides is 2. The number of fused-ring (bicyclic) bond motifs is 1. The maximum absolute atomic E-state index is 12.0. The number of benzene rings is 2.